The minimum atomic E-state index is -1.31. The second-order valence-electron chi connectivity index (χ2n) is 13.9. The summed E-state index contributed by atoms with van der Waals surface area (Å²) in [7, 11) is 0. The fourth-order valence-corrected chi connectivity index (χ4v) is 9.64. The molecular weight excluding hydrogens is 526 g/mol. The van der Waals surface area contributed by atoms with Gasteiger partial charge in [0.05, 0.1) is 24.4 Å². The molecule has 1 saturated heterocycles. The smallest absolute Gasteiger partial charge is 0.250 e. The van der Waals surface area contributed by atoms with Crippen LogP contribution in [-0.2, 0) is 16.0 Å². The number of aromatic nitrogens is 1. The van der Waals surface area contributed by atoms with Gasteiger partial charge in [-0.1, -0.05) is 31.6 Å². The van der Waals surface area contributed by atoms with Crippen molar-refractivity contribution in [1.82, 2.24) is 4.57 Å². The maximum Gasteiger partial charge on any atom is 0.250 e. The van der Waals surface area contributed by atoms with Crippen molar-refractivity contribution >= 4 is 0 Å². The normalized spacial score (nSPS) is 47.7. The van der Waals surface area contributed by atoms with Gasteiger partial charge in [-0.25, -0.2) is 0 Å². The lowest BCUT2D eigenvalue weighted by atomic mass is 9.45. The molecular formula is C32H47NO8. The van der Waals surface area contributed by atoms with E-state index in [-0.39, 0.29) is 47.5 Å². The number of ether oxygens (including phenoxy) is 2. The van der Waals surface area contributed by atoms with E-state index in [1.807, 2.05) is 12.3 Å². The Balaban J connectivity index is 1.21. The Morgan fingerprint density at radius 1 is 1.00 bits per heavy atom. The van der Waals surface area contributed by atoms with E-state index in [9.17, 15) is 30.3 Å². The van der Waals surface area contributed by atoms with Crippen molar-refractivity contribution in [3.05, 3.63) is 45.9 Å². The average molecular weight is 574 g/mol. The number of rotatable bonds is 5. The van der Waals surface area contributed by atoms with E-state index in [1.165, 1.54) is 5.57 Å². The van der Waals surface area contributed by atoms with Gasteiger partial charge in [-0.15, -0.1) is 0 Å². The summed E-state index contributed by atoms with van der Waals surface area (Å²) in [5, 5.41) is 52.7. The highest BCUT2D eigenvalue weighted by atomic mass is 16.7. The van der Waals surface area contributed by atoms with Crippen LogP contribution < -0.4 is 5.56 Å². The minimum Gasteiger partial charge on any atom is -0.395 e. The lowest BCUT2D eigenvalue weighted by Gasteiger charge is -2.62. The number of aliphatic hydroxyl groups excluding tert-OH is 4. The number of aliphatic hydroxyl groups is 5. The Hall–Kier alpha value is -1.59. The van der Waals surface area contributed by atoms with E-state index < -0.39 is 36.3 Å². The number of pyridine rings is 1. The summed E-state index contributed by atoms with van der Waals surface area (Å²) < 4.78 is 13.4. The average Bonchev–Trinajstić information content (AvgIpc) is 3.23. The first-order valence-corrected chi connectivity index (χ1v) is 15.5. The van der Waals surface area contributed by atoms with Gasteiger partial charge in [-0.2, -0.15) is 0 Å². The molecule has 1 aliphatic heterocycles. The molecule has 0 bridgehead atoms. The molecule has 41 heavy (non-hydrogen) atoms. The van der Waals surface area contributed by atoms with Crippen LogP contribution in [0.2, 0.25) is 0 Å². The molecule has 9 nitrogen and oxygen atoms in total. The largest absolute Gasteiger partial charge is 0.395 e. The standard InChI is InChI=1S/C32H47NO8/c1-18-26(36)27(37)28(38)29(40-18)41-21-8-11-30(2)20(16-21)5-6-24-23(30)9-12-31(3)22(10-13-32(24,31)39)19-4-7-25(35)33(17-19)14-15-34/h4,7,16-18,21-24,26-29,34,36-39H,5-6,8-15H2,1-3H3/t18-,21-,22+,23-,24+,26-,27+,28+,29-,30-,31+,32-/m0/s1. The predicted molar refractivity (Wildman–Crippen MR) is 151 cm³/mol. The van der Waals surface area contributed by atoms with Gasteiger partial charge in [0.2, 0.25) is 0 Å². The summed E-state index contributed by atoms with van der Waals surface area (Å²) in [4.78, 5) is 12.3. The van der Waals surface area contributed by atoms with E-state index in [4.69, 9.17) is 9.47 Å². The fraction of sp³-hybridized carbons (Fsp3) is 0.781. The van der Waals surface area contributed by atoms with Crippen LogP contribution >= 0.6 is 0 Å². The molecule has 4 aliphatic carbocycles. The molecule has 0 unspecified atom stereocenters. The quantitative estimate of drug-likeness (QED) is 0.338. The molecule has 5 aliphatic rings. The van der Waals surface area contributed by atoms with Crippen molar-refractivity contribution in [2.75, 3.05) is 6.61 Å². The molecule has 9 heteroatoms. The van der Waals surface area contributed by atoms with Crippen molar-refractivity contribution in [3.63, 3.8) is 0 Å². The van der Waals surface area contributed by atoms with Gasteiger partial charge < -0.3 is 39.6 Å². The fourth-order valence-electron chi connectivity index (χ4n) is 9.64. The highest BCUT2D eigenvalue weighted by Crippen LogP contribution is 2.70. The van der Waals surface area contributed by atoms with Crippen LogP contribution in [0.5, 0.6) is 0 Å². The van der Waals surface area contributed by atoms with Gasteiger partial charge in [0, 0.05) is 24.2 Å². The number of nitrogens with zero attached hydrogens (tertiary/aromatic N) is 1. The Labute approximate surface area is 241 Å². The molecule has 5 N–H and O–H groups in total. The Morgan fingerprint density at radius 3 is 2.54 bits per heavy atom. The molecule has 0 aromatic carbocycles. The van der Waals surface area contributed by atoms with Crippen molar-refractivity contribution in [2.24, 2.45) is 22.7 Å². The highest BCUT2D eigenvalue weighted by molar-refractivity contribution is 5.31. The first-order chi connectivity index (χ1) is 19.4. The minimum absolute atomic E-state index is 0.0404. The van der Waals surface area contributed by atoms with E-state index in [0.29, 0.717) is 5.92 Å². The molecule has 0 spiro atoms. The molecule has 2 heterocycles. The molecule has 1 aromatic heterocycles. The van der Waals surface area contributed by atoms with Crippen LogP contribution in [0, 0.1) is 22.7 Å². The summed E-state index contributed by atoms with van der Waals surface area (Å²) >= 11 is 0. The first kappa shape index (κ1) is 29.5. The number of hydrogen-bond donors (Lipinski definition) is 5. The third-order valence-electron chi connectivity index (χ3n) is 12.1. The second-order valence-corrected chi connectivity index (χ2v) is 13.9. The van der Waals surface area contributed by atoms with Gasteiger partial charge in [0.15, 0.2) is 6.29 Å². The Bertz CT molecular complexity index is 1230. The summed E-state index contributed by atoms with van der Waals surface area (Å²) in [5.41, 5.74) is 1.21. The topological polar surface area (TPSA) is 142 Å². The van der Waals surface area contributed by atoms with Gasteiger partial charge in [-0.05, 0) is 87.0 Å². The number of fused-ring (bicyclic) bond motifs is 5. The van der Waals surface area contributed by atoms with Crippen LogP contribution in [0.3, 0.4) is 0 Å². The third-order valence-corrected chi connectivity index (χ3v) is 12.1. The van der Waals surface area contributed by atoms with E-state index >= 15 is 0 Å². The van der Waals surface area contributed by atoms with Crippen molar-refractivity contribution in [2.45, 2.75) is 127 Å². The van der Waals surface area contributed by atoms with Gasteiger partial charge >= 0.3 is 0 Å². The van der Waals surface area contributed by atoms with E-state index in [2.05, 4.69) is 19.9 Å². The third kappa shape index (κ3) is 4.50. The van der Waals surface area contributed by atoms with Crippen molar-refractivity contribution in [3.8, 4) is 0 Å². The molecule has 4 fully saturated rings. The summed E-state index contributed by atoms with van der Waals surface area (Å²) in [6.07, 6.45) is 5.46. The number of allylic oxidation sites excluding steroid dienone is 1. The highest BCUT2D eigenvalue weighted by Gasteiger charge is 2.66. The number of hydrogen-bond acceptors (Lipinski definition) is 8. The summed E-state index contributed by atoms with van der Waals surface area (Å²) in [6, 6.07) is 3.51. The Morgan fingerprint density at radius 2 is 1.78 bits per heavy atom. The SMILES string of the molecule is C[C@@H]1O[C@@H](O[C@@H]2C=C3CC[C@@H]4[C@H](CC[C@]5(C)[C@@H](c6ccc(=O)n(CCO)c6)CC[C@]45O)[C@@]3(C)CC2)[C@H](O)[C@H](O)[C@H]1O. The van der Waals surface area contributed by atoms with E-state index in [0.717, 1.165) is 56.9 Å². The second kappa shape index (κ2) is 10.5. The van der Waals surface area contributed by atoms with Crippen molar-refractivity contribution < 1.29 is 35.0 Å². The van der Waals surface area contributed by atoms with Crippen LogP contribution in [0.15, 0.2) is 34.8 Å². The molecule has 0 radical (unpaired) electrons. The Kier molecular flexibility index (Phi) is 7.58. The lowest BCUT2D eigenvalue weighted by Crippen LogP contribution is -2.60. The molecule has 6 rings (SSSR count). The van der Waals surface area contributed by atoms with Gasteiger partial charge in [0.25, 0.3) is 5.56 Å². The monoisotopic (exact) mass is 573 g/mol. The molecule has 12 atom stereocenters. The van der Waals surface area contributed by atoms with Crippen LogP contribution in [0.1, 0.15) is 83.6 Å². The predicted octanol–water partition coefficient (Wildman–Crippen LogP) is 2.21. The molecule has 3 saturated carbocycles. The zero-order chi connectivity index (χ0) is 29.3. The first-order valence-electron chi connectivity index (χ1n) is 15.5. The van der Waals surface area contributed by atoms with Crippen LogP contribution in [0.25, 0.3) is 0 Å². The van der Waals surface area contributed by atoms with E-state index in [1.54, 1.807) is 17.6 Å². The molecule has 228 valence electrons. The van der Waals surface area contributed by atoms with Crippen molar-refractivity contribution in [1.29, 1.82) is 0 Å². The lowest BCUT2D eigenvalue weighted by molar-refractivity contribution is -0.301. The zero-order valence-electron chi connectivity index (χ0n) is 24.5. The van der Waals surface area contributed by atoms with Gasteiger partial charge in [0.1, 0.15) is 18.3 Å². The zero-order valence-corrected chi connectivity index (χ0v) is 24.5. The molecule has 0 amide bonds. The maximum atomic E-state index is 12.6. The van der Waals surface area contributed by atoms with Crippen LogP contribution in [-0.4, -0.2) is 79.1 Å². The summed E-state index contributed by atoms with van der Waals surface area (Å²) in [5.74, 6) is 0.707. The summed E-state index contributed by atoms with van der Waals surface area (Å²) in [6.45, 7) is 6.45. The van der Waals surface area contributed by atoms with Crippen LogP contribution in [0.4, 0.5) is 0 Å². The maximum absolute atomic E-state index is 12.6. The van der Waals surface area contributed by atoms with Gasteiger partial charge in [-0.3, -0.25) is 4.79 Å². The molecule has 1 aromatic rings.